The van der Waals surface area contributed by atoms with Gasteiger partial charge in [0.25, 0.3) is 0 Å². The van der Waals surface area contributed by atoms with Crippen LogP contribution in [-0.4, -0.2) is 12.1 Å². The molecule has 0 unspecified atom stereocenters. The van der Waals surface area contributed by atoms with E-state index in [1.165, 1.54) is 0 Å². The van der Waals surface area contributed by atoms with E-state index in [1.807, 2.05) is 0 Å². The van der Waals surface area contributed by atoms with Gasteiger partial charge in [-0.25, -0.2) is 0 Å². The molecule has 0 aliphatic carbocycles. The third-order valence-corrected chi connectivity index (χ3v) is 4.12. The maximum atomic E-state index is 5.60. The van der Waals surface area contributed by atoms with Crippen molar-refractivity contribution in [1.29, 1.82) is 0 Å². The molecule has 2 heteroatoms. The maximum Gasteiger partial charge on any atom is 0.0716 e. The van der Waals surface area contributed by atoms with Crippen molar-refractivity contribution in [3.8, 4) is 0 Å². The summed E-state index contributed by atoms with van der Waals surface area (Å²) in [5, 5.41) is 0. The molecule has 0 aromatic heterocycles. The molecule has 0 aliphatic rings. The largest absolute Gasteiger partial charge is 0.346 e. The number of ether oxygens (including phenoxy) is 1. The zero-order valence-corrected chi connectivity index (χ0v) is 19.3. The summed E-state index contributed by atoms with van der Waals surface area (Å²) in [5.74, 6) is 0.567. The molecule has 0 atom stereocenters. The van der Waals surface area contributed by atoms with Crippen LogP contribution in [0.2, 0.25) is 0 Å². The molecule has 0 radical (unpaired) electrons. The second kappa shape index (κ2) is 21.9. The van der Waals surface area contributed by atoms with Gasteiger partial charge in [0.2, 0.25) is 0 Å². The van der Waals surface area contributed by atoms with Gasteiger partial charge in [-0.2, -0.15) is 0 Å². The van der Waals surface area contributed by atoms with Gasteiger partial charge in [-0.1, -0.05) is 103 Å². The summed E-state index contributed by atoms with van der Waals surface area (Å²) in [4.78, 5) is 0. The van der Waals surface area contributed by atoms with Crippen molar-refractivity contribution in [2.45, 2.75) is 72.1 Å². The Kier molecular flexibility index (Phi) is 20.7. The predicted molar refractivity (Wildman–Crippen MR) is 132 cm³/mol. The first kappa shape index (κ1) is 26.6. The van der Waals surface area contributed by atoms with Crippen LogP contribution in [0.5, 0.6) is 0 Å². The molecule has 0 saturated carbocycles. The van der Waals surface area contributed by atoms with Gasteiger partial charge in [-0.3, -0.25) is 0 Å². The lowest BCUT2D eigenvalue weighted by Crippen LogP contribution is -2.07. The van der Waals surface area contributed by atoms with Crippen LogP contribution in [0.1, 0.15) is 72.1 Å². The zero-order chi connectivity index (χ0) is 20.7. The Hall–Kier alpha value is -1.43. The highest BCUT2D eigenvalue weighted by Gasteiger charge is 1.97. The van der Waals surface area contributed by atoms with Crippen LogP contribution in [0.4, 0.5) is 0 Å². The Balaban J connectivity index is 3.57. The second-order valence-electron chi connectivity index (χ2n) is 7.08. The van der Waals surface area contributed by atoms with Crippen molar-refractivity contribution >= 4 is 14.3 Å². The Morgan fingerprint density at radius 1 is 0.679 bits per heavy atom. The Labute approximate surface area is 176 Å². The van der Waals surface area contributed by atoms with Gasteiger partial charge in [-0.15, -0.1) is 0 Å². The molecule has 28 heavy (non-hydrogen) atoms. The summed E-state index contributed by atoms with van der Waals surface area (Å²) in [5.41, 5.74) is 0.952. The highest BCUT2D eigenvalue weighted by molar-refractivity contribution is 7.20. The van der Waals surface area contributed by atoms with Crippen molar-refractivity contribution in [3.05, 3.63) is 72.9 Å². The van der Waals surface area contributed by atoms with Gasteiger partial charge >= 0.3 is 0 Å². The van der Waals surface area contributed by atoms with Gasteiger partial charge in [0.15, 0.2) is 0 Å². The standard InChI is InChI=1S/C26H41OP/c1-4-5-6-7-8-9-10-11-12-13-14-15-16-17-18-19-20-21-22-23-26(28)27-24-25(2)3/h5-6,8-9,11-12,14-15,17-18,20-21,25,28H,4,7,10,13,16,19,22-24H2,1-3H3/b6-5-,9-8-,12-11-,15-14-,18-17-,21-20-. The van der Waals surface area contributed by atoms with E-state index < -0.39 is 0 Å². The average molecular weight is 401 g/mol. The second-order valence-corrected chi connectivity index (χ2v) is 7.64. The van der Waals surface area contributed by atoms with E-state index in [1.54, 1.807) is 0 Å². The van der Waals surface area contributed by atoms with Crippen LogP contribution < -0.4 is 0 Å². The average Bonchev–Trinajstić information content (AvgIpc) is 2.68. The van der Waals surface area contributed by atoms with Crippen LogP contribution in [0, 0.1) is 5.92 Å². The predicted octanol–water partition coefficient (Wildman–Crippen LogP) is 8.41. The van der Waals surface area contributed by atoms with E-state index in [0.29, 0.717) is 5.92 Å². The van der Waals surface area contributed by atoms with E-state index in [9.17, 15) is 0 Å². The lowest BCUT2D eigenvalue weighted by molar-refractivity contribution is 0.259. The minimum absolute atomic E-state index is 0.567. The number of rotatable bonds is 17. The van der Waals surface area contributed by atoms with E-state index in [0.717, 1.165) is 63.5 Å². The Bertz CT molecular complexity index is 533. The Morgan fingerprint density at radius 3 is 1.46 bits per heavy atom. The SMILES string of the molecule is CC/C=C\C/C=C\C/C=C\C/C=C\C/C=C\C/C=C\CCC(=P)OCC(C)C. The van der Waals surface area contributed by atoms with Crippen LogP contribution >= 0.6 is 8.86 Å². The Morgan fingerprint density at radius 2 is 1.07 bits per heavy atom. The van der Waals surface area contributed by atoms with E-state index in [4.69, 9.17) is 4.74 Å². The first-order valence-electron chi connectivity index (χ1n) is 10.8. The third kappa shape index (κ3) is 22.6. The topological polar surface area (TPSA) is 9.23 Å². The molecule has 0 bridgehead atoms. The summed E-state index contributed by atoms with van der Waals surface area (Å²) in [6, 6.07) is 0. The number of hydrogen-bond acceptors (Lipinski definition) is 1. The highest BCUT2D eigenvalue weighted by atomic mass is 31.0. The zero-order valence-electron chi connectivity index (χ0n) is 18.3. The van der Waals surface area contributed by atoms with Crippen LogP contribution in [0.15, 0.2) is 72.9 Å². The monoisotopic (exact) mass is 400 g/mol. The van der Waals surface area contributed by atoms with Crippen LogP contribution in [-0.2, 0) is 4.74 Å². The number of hydrogen-bond donors (Lipinski definition) is 0. The molecule has 0 amide bonds. The lowest BCUT2D eigenvalue weighted by Gasteiger charge is -2.07. The van der Waals surface area contributed by atoms with Gasteiger partial charge in [0.1, 0.15) is 0 Å². The fourth-order valence-corrected chi connectivity index (χ4v) is 2.42. The van der Waals surface area contributed by atoms with E-state index >= 15 is 0 Å². The maximum absolute atomic E-state index is 5.60. The molecule has 0 fully saturated rings. The van der Waals surface area contributed by atoms with Gasteiger partial charge in [-0.05, 0) is 50.9 Å². The molecule has 0 aliphatic heterocycles. The highest BCUT2D eigenvalue weighted by Crippen LogP contribution is 2.02. The minimum atomic E-state index is 0.567. The van der Waals surface area contributed by atoms with Crippen LogP contribution in [0.25, 0.3) is 0 Å². The fourth-order valence-electron chi connectivity index (χ4n) is 2.19. The summed E-state index contributed by atoms with van der Waals surface area (Å²) < 4.78 is 5.60. The van der Waals surface area contributed by atoms with Crippen molar-refractivity contribution in [2.75, 3.05) is 6.61 Å². The van der Waals surface area contributed by atoms with Crippen molar-refractivity contribution in [3.63, 3.8) is 0 Å². The molecule has 0 saturated heterocycles. The summed E-state index contributed by atoms with van der Waals surface area (Å²) in [6.07, 6.45) is 34.9. The lowest BCUT2D eigenvalue weighted by atomic mass is 10.2. The third-order valence-electron chi connectivity index (χ3n) is 3.73. The summed E-state index contributed by atoms with van der Waals surface area (Å²) >= 11 is 0. The van der Waals surface area contributed by atoms with E-state index in [2.05, 4.69) is 103 Å². The molecule has 0 heterocycles. The normalized spacial score (nSPS) is 13.1. The molecular weight excluding hydrogens is 359 g/mol. The molecule has 0 spiro atoms. The number of allylic oxidation sites excluding steroid dienone is 12. The first-order valence-corrected chi connectivity index (χ1v) is 11.3. The quantitative estimate of drug-likeness (QED) is 0.176. The molecule has 156 valence electrons. The molecule has 0 rings (SSSR count). The fraction of sp³-hybridized carbons (Fsp3) is 0.500. The molecular formula is C26H41OP. The van der Waals surface area contributed by atoms with Crippen molar-refractivity contribution < 1.29 is 4.74 Å². The van der Waals surface area contributed by atoms with Crippen molar-refractivity contribution in [1.82, 2.24) is 0 Å². The van der Waals surface area contributed by atoms with Crippen molar-refractivity contribution in [2.24, 2.45) is 5.92 Å². The van der Waals surface area contributed by atoms with Gasteiger partial charge in [0.05, 0.1) is 12.1 Å². The summed E-state index contributed by atoms with van der Waals surface area (Å²) in [7, 11) is 3.54. The molecule has 1 nitrogen and oxygen atoms in total. The van der Waals surface area contributed by atoms with Gasteiger partial charge in [0, 0.05) is 6.42 Å². The minimum Gasteiger partial charge on any atom is -0.346 e. The molecule has 0 aromatic carbocycles. The molecule has 0 N–H and O–H groups in total. The summed E-state index contributed by atoms with van der Waals surface area (Å²) in [6.45, 7) is 7.26. The van der Waals surface area contributed by atoms with Crippen LogP contribution in [0.3, 0.4) is 0 Å². The smallest absolute Gasteiger partial charge is 0.0716 e. The van der Waals surface area contributed by atoms with Gasteiger partial charge < -0.3 is 4.74 Å². The van der Waals surface area contributed by atoms with E-state index in [-0.39, 0.29) is 0 Å². The molecule has 0 aromatic rings. The first-order chi connectivity index (χ1) is 13.7.